The molecule has 0 spiro atoms. The second-order valence-corrected chi connectivity index (χ2v) is 12.7. The van der Waals surface area contributed by atoms with E-state index < -0.39 is 40.4 Å². The molecule has 0 fully saturated rings. The molecule has 0 saturated heterocycles. The molecule has 1 unspecified atom stereocenters. The van der Waals surface area contributed by atoms with Crippen molar-refractivity contribution in [3.8, 4) is 11.5 Å². The molecule has 0 aliphatic heterocycles. The standard InChI is InChI=1S/C39H31ClF3N3O5S/c1-50-29-17-19-34(51-2)26(20-29)21-33(46-36(47)25-12-7-4-8-13-25)37(48)44-28-14-9-15-30(23-28)52-35(24-10-5-3-6-11-24)38(49)45-32-18-16-27(40)22-31(32)39(41,42)43/h3-23,35H,1-2H3,(H,44,48)(H,45,49)(H,46,47)/b33-21+. The Kier molecular flexibility index (Phi) is 12.3. The number of carbonyl (C=O) groups is 3. The van der Waals surface area contributed by atoms with Gasteiger partial charge in [0.2, 0.25) is 5.91 Å². The Morgan fingerprint density at radius 3 is 2.17 bits per heavy atom. The summed E-state index contributed by atoms with van der Waals surface area (Å²) in [5.41, 5.74) is 0.000920. The zero-order valence-corrected chi connectivity index (χ0v) is 29.2. The number of halogens is 4. The van der Waals surface area contributed by atoms with Crippen LogP contribution in [0.25, 0.3) is 6.08 Å². The van der Waals surface area contributed by atoms with E-state index in [9.17, 15) is 27.6 Å². The number of alkyl halides is 3. The maximum atomic E-state index is 13.8. The quantitative estimate of drug-likeness (QED) is 0.0869. The molecule has 0 radical (unpaired) electrons. The van der Waals surface area contributed by atoms with Gasteiger partial charge in [-0.15, -0.1) is 11.8 Å². The molecule has 0 saturated carbocycles. The number of benzene rings is 5. The predicted octanol–water partition coefficient (Wildman–Crippen LogP) is 9.26. The maximum Gasteiger partial charge on any atom is 0.418 e. The Morgan fingerprint density at radius 2 is 1.50 bits per heavy atom. The largest absolute Gasteiger partial charge is 0.497 e. The molecular weight excluding hydrogens is 715 g/mol. The highest BCUT2D eigenvalue weighted by Gasteiger charge is 2.35. The van der Waals surface area contributed by atoms with E-state index >= 15 is 0 Å². The molecule has 5 aromatic rings. The molecule has 0 heterocycles. The van der Waals surface area contributed by atoms with Crippen LogP contribution in [0.15, 0.2) is 132 Å². The van der Waals surface area contributed by atoms with Crippen LogP contribution in [0.4, 0.5) is 24.5 Å². The molecule has 5 aromatic carbocycles. The molecule has 266 valence electrons. The molecule has 0 aromatic heterocycles. The van der Waals surface area contributed by atoms with Crippen molar-refractivity contribution in [3.63, 3.8) is 0 Å². The third kappa shape index (κ3) is 9.74. The lowest BCUT2D eigenvalue weighted by Crippen LogP contribution is -2.30. The summed E-state index contributed by atoms with van der Waals surface area (Å²) >= 11 is 6.90. The van der Waals surface area contributed by atoms with Gasteiger partial charge in [-0.25, -0.2) is 0 Å². The van der Waals surface area contributed by atoms with Gasteiger partial charge in [0.15, 0.2) is 0 Å². The predicted molar refractivity (Wildman–Crippen MR) is 197 cm³/mol. The van der Waals surface area contributed by atoms with Gasteiger partial charge in [-0.1, -0.05) is 66.2 Å². The summed E-state index contributed by atoms with van der Waals surface area (Å²) in [6, 6.07) is 31.6. The third-order valence-electron chi connectivity index (χ3n) is 7.50. The Labute approximate surface area is 307 Å². The van der Waals surface area contributed by atoms with E-state index in [2.05, 4.69) is 16.0 Å². The average Bonchev–Trinajstić information content (AvgIpc) is 3.14. The topological polar surface area (TPSA) is 106 Å². The minimum atomic E-state index is -4.76. The van der Waals surface area contributed by atoms with Crippen LogP contribution in [0.5, 0.6) is 11.5 Å². The van der Waals surface area contributed by atoms with Crippen LogP contribution in [-0.4, -0.2) is 31.9 Å². The van der Waals surface area contributed by atoms with E-state index in [0.29, 0.717) is 38.8 Å². The molecule has 52 heavy (non-hydrogen) atoms. The van der Waals surface area contributed by atoms with Gasteiger partial charge in [0, 0.05) is 26.7 Å². The van der Waals surface area contributed by atoms with E-state index in [-0.39, 0.29) is 10.7 Å². The smallest absolute Gasteiger partial charge is 0.418 e. The zero-order chi connectivity index (χ0) is 37.3. The summed E-state index contributed by atoms with van der Waals surface area (Å²) in [7, 11) is 2.97. The summed E-state index contributed by atoms with van der Waals surface area (Å²) < 4.78 is 52.3. The number of anilines is 2. The van der Waals surface area contributed by atoms with Gasteiger partial charge in [-0.2, -0.15) is 13.2 Å². The van der Waals surface area contributed by atoms with Gasteiger partial charge in [0.1, 0.15) is 22.4 Å². The van der Waals surface area contributed by atoms with Crippen LogP contribution >= 0.6 is 23.4 Å². The molecule has 3 N–H and O–H groups in total. The molecule has 0 aliphatic rings. The molecule has 0 bridgehead atoms. The maximum absolute atomic E-state index is 13.8. The van der Waals surface area contributed by atoms with Crippen molar-refractivity contribution < 1.29 is 37.0 Å². The van der Waals surface area contributed by atoms with Gasteiger partial charge in [0.25, 0.3) is 11.8 Å². The lowest BCUT2D eigenvalue weighted by molar-refractivity contribution is -0.137. The van der Waals surface area contributed by atoms with E-state index in [1.54, 1.807) is 103 Å². The minimum Gasteiger partial charge on any atom is -0.497 e. The van der Waals surface area contributed by atoms with Crippen LogP contribution in [0.3, 0.4) is 0 Å². The number of ether oxygens (including phenoxy) is 2. The summed E-state index contributed by atoms with van der Waals surface area (Å²) in [4.78, 5) is 41.2. The number of methoxy groups -OCH3 is 2. The minimum absolute atomic E-state index is 0.108. The highest BCUT2D eigenvalue weighted by atomic mass is 35.5. The van der Waals surface area contributed by atoms with Crippen molar-refractivity contribution in [2.45, 2.75) is 16.3 Å². The van der Waals surface area contributed by atoms with Gasteiger partial charge in [0.05, 0.1) is 25.5 Å². The van der Waals surface area contributed by atoms with Crippen LogP contribution in [-0.2, 0) is 15.8 Å². The Balaban J connectivity index is 1.43. The number of nitrogens with one attached hydrogen (secondary N) is 3. The number of carbonyl (C=O) groups excluding carboxylic acids is 3. The lowest BCUT2D eigenvalue weighted by atomic mass is 10.1. The van der Waals surface area contributed by atoms with Crippen LogP contribution in [0.2, 0.25) is 5.02 Å². The fourth-order valence-electron chi connectivity index (χ4n) is 4.99. The fourth-order valence-corrected chi connectivity index (χ4v) is 6.25. The summed E-state index contributed by atoms with van der Waals surface area (Å²) in [5, 5.41) is 6.77. The van der Waals surface area contributed by atoms with Gasteiger partial charge in [-0.05, 0) is 78.4 Å². The van der Waals surface area contributed by atoms with E-state index in [1.165, 1.54) is 26.4 Å². The highest BCUT2D eigenvalue weighted by molar-refractivity contribution is 8.00. The van der Waals surface area contributed by atoms with Crippen LogP contribution in [0, 0.1) is 0 Å². The van der Waals surface area contributed by atoms with E-state index in [4.69, 9.17) is 21.1 Å². The fraction of sp³-hybridized carbons (Fsp3) is 0.103. The normalized spacial score (nSPS) is 12.0. The molecule has 8 nitrogen and oxygen atoms in total. The van der Waals surface area contributed by atoms with Crippen molar-refractivity contribution in [2.24, 2.45) is 0 Å². The van der Waals surface area contributed by atoms with Crippen molar-refractivity contribution in [1.82, 2.24) is 5.32 Å². The second-order valence-electron chi connectivity index (χ2n) is 11.1. The van der Waals surface area contributed by atoms with E-state index in [1.807, 2.05) is 0 Å². The molecule has 5 rings (SSSR count). The first-order valence-corrected chi connectivity index (χ1v) is 16.8. The number of rotatable bonds is 12. The molecule has 3 amide bonds. The second kappa shape index (κ2) is 17.0. The van der Waals surface area contributed by atoms with Crippen molar-refractivity contribution in [2.75, 3.05) is 24.9 Å². The average molecular weight is 746 g/mol. The SMILES string of the molecule is COc1ccc(OC)c(/C=C(/NC(=O)c2ccccc2)C(=O)Nc2cccc(SC(C(=O)Nc3ccc(Cl)cc3C(F)(F)F)c3ccccc3)c2)c1. The Hall–Kier alpha value is -5.72. The number of thioether (sulfide) groups is 1. The van der Waals surface area contributed by atoms with E-state index in [0.717, 1.165) is 23.9 Å². The number of amides is 3. The van der Waals surface area contributed by atoms with Crippen molar-refractivity contribution in [1.29, 1.82) is 0 Å². The summed E-state index contributed by atoms with van der Waals surface area (Å²) in [5.74, 6) is -0.992. The first kappa shape index (κ1) is 37.5. The molecular formula is C39H31ClF3N3O5S. The lowest BCUT2D eigenvalue weighted by Gasteiger charge is -2.20. The first-order valence-electron chi connectivity index (χ1n) is 15.6. The Bertz CT molecular complexity index is 2100. The van der Waals surface area contributed by atoms with Crippen molar-refractivity contribution >= 4 is 58.5 Å². The van der Waals surface area contributed by atoms with Crippen LogP contribution in [0.1, 0.15) is 32.3 Å². The zero-order valence-electron chi connectivity index (χ0n) is 27.7. The van der Waals surface area contributed by atoms with Gasteiger partial charge in [-0.3, -0.25) is 14.4 Å². The number of hydrogen-bond acceptors (Lipinski definition) is 6. The first-order chi connectivity index (χ1) is 24.9. The highest BCUT2D eigenvalue weighted by Crippen LogP contribution is 2.40. The van der Waals surface area contributed by atoms with Gasteiger partial charge < -0.3 is 25.4 Å². The van der Waals surface area contributed by atoms with Crippen LogP contribution < -0.4 is 25.4 Å². The monoisotopic (exact) mass is 745 g/mol. The number of hydrogen-bond donors (Lipinski definition) is 3. The van der Waals surface area contributed by atoms with Crippen molar-refractivity contribution in [3.05, 3.63) is 154 Å². The summed E-state index contributed by atoms with van der Waals surface area (Å²) in [6.45, 7) is 0. The summed E-state index contributed by atoms with van der Waals surface area (Å²) in [6.07, 6.45) is -3.31. The molecule has 13 heteroatoms. The molecule has 0 aliphatic carbocycles. The molecule has 1 atom stereocenters. The Morgan fingerprint density at radius 1 is 0.788 bits per heavy atom. The third-order valence-corrected chi connectivity index (χ3v) is 8.98. The van der Waals surface area contributed by atoms with Gasteiger partial charge >= 0.3 is 6.18 Å².